The van der Waals surface area contributed by atoms with Crippen LogP contribution >= 0.6 is 0 Å². The van der Waals surface area contributed by atoms with E-state index in [-0.39, 0.29) is 24.9 Å². The summed E-state index contributed by atoms with van der Waals surface area (Å²) in [6.07, 6.45) is 68.2. The second-order valence-corrected chi connectivity index (χ2v) is 19.0. The van der Waals surface area contributed by atoms with Crippen LogP contribution in [0.2, 0.25) is 0 Å². The predicted molar refractivity (Wildman–Crippen MR) is 287 cm³/mol. The van der Waals surface area contributed by atoms with Gasteiger partial charge in [-0.25, -0.2) is 0 Å². The van der Waals surface area contributed by atoms with Gasteiger partial charge < -0.3 is 20.3 Å². The molecule has 1 amide bonds. The highest BCUT2D eigenvalue weighted by molar-refractivity contribution is 5.77. The molecule has 0 rings (SSSR count). The standard InChI is InChI=1S/C60H107NO5/c1-4-7-10-13-16-19-22-24-26-28-29-31-33-35-38-41-44-47-50-53-60(65)66-56(51-48-45-42-39-37-34-32-30-27-25-23-20-17-14-11-8-5-2)54-59(64)61-57(55-62)58(63)52-49-46-43-40-36-21-18-15-12-9-6-3/h16-17,19-20,24-27,29,31,35,38,56-58,62-63H,4-15,18,21-23,28,30,32-34,36-37,39-55H2,1-3H3,(H,61,64)/b19-16-,20-17-,26-24-,27-25-,31-29-,38-35-. The molecule has 0 aliphatic heterocycles. The Morgan fingerprint density at radius 3 is 1.20 bits per heavy atom. The SMILES string of the molecule is CCCCC/C=C\C/C=C\C/C=C\C/C=C\CCCCCC(=O)OC(CCCCCCCCC/C=C\C/C=C\CCCCC)CC(=O)NC(CO)C(O)CCCCCCCCCCCCC. The number of hydrogen-bond donors (Lipinski definition) is 3. The van der Waals surface area contributed by atoms with Crippen molar-refractivity contribution in [3.8, 4) is 0 Å². The Morgan fingerprint density at radius 1 is 0.439 bits per heavy atom. The van der Waals surface area contributed by atoms with Gasteiger partial charge in [0.15, 0.2) is 0 Å². The minimum absolute atomic E-state index is 0.0572. The fraction of sp³-hybridized carbons (Fsp3) is 0.767. The molecule has 0 saturated heterocycles. The average molecular weight is 923 g/mol. The van der Waals surface area contributed by atoms with Gasteiger partial charge in [0.1, 0.15) is 6.10 Å². The van der Waals surface area contributed by atoms with E-state index in [1.165, 1.54) is 128 Å². The molecule has 0 aliphatic carbocycles. The van der Waals surface area contributed by atoms with E-state index in [0.717, 1.165) is 96.3 Å². The first-order valence-corrected chi connectivity index (χ1v) is 28.2. The van der Waals surface area contributed by atoms with Crippen LogP contribution in [0.1, 0.15) is 271 Å². The maximum absolute atomic E-state index is 13.2. The molecule has 66 heavy (non-hydrogen) atoms. The summed E-state index contributed by atoms with van der Waals surface area (Å²) in [5.74, 6) is -0.515. The predicted octanol–water partition coefficient (Wildman–Crippen LogP) is 17.3. The maximum atomic E-state index is 13.2. The van der Waals surface area contributed by atoms with Crippen molar-refractivity contribution in [1.29, 1.82) is 0 Å². The Labute approximate surface area is 409 Å². The van der Waals surface area contributed by atoms with Crippen molar-refractivity contribution in [3.05, 3.63) is 72.9 Å². The van der Waals surface area contributed by atoms with Crippen LogP contribution in [-0.2, 0) is 14.3 Å². The van der Waals surface area contributed by atoms with Crippen LogP contribution in [0.25, 0.3) is 0 Å². The van der Waals surface area contributed by atoms with Crippen molar-refractivity contribution in [2.45, 2.75) is 289 Å². The van der Waals surface area contributed by atoms with Gasteiger partial charge in [-0.2, -0.15) is 0 Å². The zero-order valence-corrected chi connectivity index (χ0v) is 43.6. The van der Waals surface area contributed by atoms with Crippen molar-refractivity contribution >= 4 is 11.9 Å². The van der Waals surface area contributed by atoms with E-state index in [2.05, 4.69) is 99.0 Å². The molecule has 0 spiro atoms. The molecule has 6 heteroatoms. The lowest BCUT2D eigenvalue weighted by atomic mass is 10.0. The summed E-state index contributed by atoms with van der Waals surface area (Å²) >= 11 is 0. The third-order valence-corrected chi connectivity index (χ3v) is 12.5. The fourth-order valence-electron chi connectivity index (χ4n) is 8.21. The van der Waals surface area contributed by atoms with Crippen molar-refractivity contribution in [1.82, 2.24) is 5.32 Å². The van der Waals surface area contributed by atoms with Gasteiger partial charge in [-0.05, 0) is 103 Å². The van der Waals surface area contributed by atoms with Gasteiger partial charge in [0.2, 0.25) is 5.91 Å². The van der Waals surface area contributed by atoms with Gasteiger partial charge in [-0.1, -0.05) is 229 Å². The number of rotatable bonds is 50. The number of esters is 1. The minimum atomic E-state index is -0.798. The van der Waals surface area contributed by atoms with Crippen molar-refractivity contribution in [3.63, 3.8) is 0 Å². The normalized spacial score (nSPS) is 13.7. The van der Waals surface area contributed by atoms with Gasteiger partial charge in [-0.3, -0.25) is 9.59 Å². The molecule has 0 saturated carbocycles. The molecule has 0 aromatic rings. The number of carbonyl (C=O) groups is 2. The summed E-state index contributed by atoms with van der Waals surface area (Å²) in [4.78, 5) is 26.2. The van der Waals surface area contributed by atoms with Crippen LogP contribution in [0, 0.1) is 0 Å². The van der Waals surface area contributed by atoms with Gasteiger partial charge in [-0.15, -0.1) is 0 Å². The van der Waals surface area contributed by atoms with Gasteiger partial charge in [0.25, 0.3) is 0 Å². The molecule has 0 aliphatic rings. The molecule has 382 valence electrons. The second-order valence-electron chi connectivity index (χ2n) is 19.0. The lowest BCUT2D eigenvalue weighted by molar-refractivity contribution is -0.151. The number of hydrogen-bond acceptors (Lipinski definition) is 5. The number of ether oxygens (including phenoxy) is 1. The third kappa shape index (κ3) is 47.8. The van der Waals surface area contributed by atoms with Crippen LogP contribution in [-0.4, -0.2) is 46.9 Å². The van der Waals surface area contributed by atoms with E-state index < -0.39 is 18.2 Å². The van der Waals surface area contributed by atoms with Gasteiger partial charge in [0.05, 0.1) is 25.2 Å². The number of allylic oxidation sites excluding steroid dienone is 12. The summed E-state index contributed by atoms with van der Waals surface area (Å²) in [6, 6.07) is -0.714. The van der Waals surface area contributed by atoms with Crippen LogP contribution in [0.5, 0.6) is 0 Å². The molecule has 3 N–H and O–H groups in total. The first-order valence-electron chi connectivity index (χ1n) is 28.2. The summed E-state index contributed by atoms with van der Waals surface area (Å²) in [5, 5.41) is 23.8. The Kier molecular flexibility index (Phi) is 51.1. The molecule has 3 unspecified atom stereocenters. The number of nitrogens with one attached hydrogen (secondary N) is 1. The van der Waals surface area contributed by atoms with E-state index in [4.69, 9.17) is 4.74 Å². The number of amides is 1. The lowest BCUT2D eigenvalue weighted by Gasteiger charge is -2.24. The van der Waals surface area contributed by atoms with Crippen molar-refractivity contribution < 1.29 is 24.5 Å². The Hall–Kier alpha value is -2.70. The number of aliphatic hydroxyl groups excluding tert-OH is 2. The largest absolute Gasteiger partial charge is 0.462 e. The quantitative estimate of drug-likeness (QED) is 0.0321. The van der Waals surface area contributed by atoms with Gasteiger partial charge in [0, 0.05) is 6.42 Å². The van der Waals surface area contributed by atoms with Crippen LogP contribution in [0.15, 0.2) is 72.9 Å². The highest BCUT2D eigenvalue weighted by Gasteiger charge is 2.24. The number of aliphatic hydroxyl groups is 2. The molecular formula is C60H107NO5. The summed E-state index contributed by atoms with van der Waals surface area (Å²) < 4.78 is 5.94. The zero-order chi connectivity index (χ0) is 48.1. The number of unbranched alkanes of at least 4 members (excludes halogenated alkanes) is 26. The lowest BCUT2D eigenvalue weighted by Crippen LogP contribution is -2.46. The van der Waals surface area contributed by atoms with Crippen LogP contribution in [0.4, 0.5) is 0 Å². The van der Waals surface area contributed by atoms with E-state index in [9.17, 15) is 19.8 Å². The Balaban J connectivity index is 4.65. The molecule has 0 fully saturated rings. The average Bonchev–Trinajstić information content (AvgIpc) is 3.31. The monoisotopic (exact) mass is 922 g/mol. The highest BCUT2D eigenvalue weighted by Crippen LogP contribution is 2.18. The molecule has 0 aromatic heterocycles. The topological polar surface area (TPSA) is 95.9 Å². The summed E-state index contributed by atoms with van der Waals surface area (Å²) in [7, 11) is 0. The highest BCUT2D eigenvalue weighted by atomic mass is 16.5. The molecule has 0 aromatic carbocycles. The third-order valence-electron chi connectivity index (χ3n) is 12.5. The molecule has 0 bridgehead atoms. The summed E-state index contributed by atoms with van der Waals surface area (Å²) in [6.45, 7) is 6.43. The minimum Gasteiger partial charge on any atom is -0.462 e. The van der Waals surface area contributed by atoms with Gasteiger partial charge >= 0.3 is 5.97 Å². The van der Waals surface area contributed by atoms with E-state index in [0.29, 0.717) is 19.3 Å². The maximum Gasteiger partial charge on any atom is 0.306 e. The molecule has 0 radical (unpaired) electrons. The summed E-state index contributed by atoms with van der Waals surface area (Å²) in [5.41, 5.74) is 0. The van der Waals surface area contributed by atoms with Crippen molar-refractivity contribution in [2.24, 2.45) is 0 Å². The first-order chi connectivity index (χ1) is 32.5. The Bertz CT molecular complexity index is 1220. The van der Waals surface area contributed by atoms with E-state index in [1.54, 1.807) is 0 Å². The molecular weight excluding hydrogens is 815 g/mol. The first kappa shape index (κ1) is 63.3. The smallest absolute Gasteiger partial charge is 0.306 e. The fourth-order valence-corrected chi connectivity index (χ4v) is 8.21. The molecule has 6 nitrogen and oxygen atoms in total. The van der Waals surface area contributed by atoms with Crippen molar-refractivity contribution in [2.75, 3.05) is 6.61 Å². The van der Waals surface area contributed by atoms with E-state index in [1.807, 2.05) is 0 Å². The Morgan fingerprint density at radius 2 is 0.773 bits per heavy atom. The van der Waals surface area contributed by atoms with E-state index >= 15 is 0 Å². The zero-order valence-electron chi connectivity index (χ0n) is 43.6. The molecule has 0 heterocycles. The second kappa shape index (κ2) is 53.3. The molecule has 3 atom stereocenters. The number of carbonyl (C=O) groups excluding carboxylic acids is 2. The van der Waals surface area contributed by atoms with Crippen LogP contribution < -0.4 is 5.32 Å². The van der Waals surface area contributed by atoms with Crippen LogP contribution in [0.3, 0.4) is 0 Å².